The van der Waals surface area contributed by atoms with Gasteiger partial charge in [0, 0.05) is 12.7 Å². The van der Waals surface area contributed by atoms with Crippen molar-refractivity contribution in [3.63, 3.8) is 0 Å². The van der Waals surface area contributed by atoms with Crippen LogP contribution < -0.4 is 16.2 Å². The molecule has 2 aromatic heterocycles. The lowest BCUT2D eigenvalue weighted by Gasteiger charge is -2.16. The number of nitrogens with zero attached hydrogens (tertiary/aromatic N) is 3. The minimum Gasteiger partial charge on any atom is -0.338 e. The molecule has 0 bridgehead atoms. The highest BCUT2D eigenvalue weighted by Gasteiger charge is 2.21. The highest BCUT2D eigenvalue weighted by atomic mass is 32.2. The molecule has 0 unspecified atom stereocenters. The number of hydrogen-bond acceptors (Lipinski definition) is 6. The highest BCUT2D eigenvalue weighted by molar-refractivity contribution is 8.00. The number of thioether (sulfide) groups is 1. The fraction of sp³-hybridized carbons (Fsp3) is 0.211. The van der Waals surface area contributed by atoms with Crippen LogP contribution >= 0.6 is 11.8 Å². The number of para-hydroxylation sites is 1. The van der Waals surface area contributed by atoms with Crippen LogP contribution in [0.25, 0.3) is 16.6 Å². The second-order valence-electron chi connectivity index (χ2n) is 5.87. The molecule has 0 radical (unpaired) electrons. The number of hydrogen-bond donors (Lipinski definition) is 2. The Kier molecular flexibility index (Phi) is 6.05. The lowest BCUT2D eigenvalue weighted by atomic mass is 10.2. The molecule has 1 atom stereocenters. The number of urea groups is 1. The van der Waals surface area contributed by atoms with Gasteiger partial charge in [-0.1, -0.05) is 23.9 Å². The van der Waals surface area contributed by atoms with Gasteiger partial charge in [0.2, 0.25) is 5.91 Å². The SMILES string of the molecule is CCNC(=O)NC(=O)[C@@H](C)Sc1nc2ccccc2c(=O)n1-c1cccnc1. The summed E-state index contributed by atoms with van der Waals surface area (Å²) in [7, 11) is 0. The van der Waals surface area contributed by atoms with Crippen molar-refractivity contribution in [2.24, 2.45) is 0 Å². The Balaban J connectivity index is 2.01. The largest absolute Gasteiger partial charge is 0.338 e. The number of carbonyl (C=O) groups is 2. The molecule has 9 heteroatoms. The van der Waals surface area contributed by atoms with E-state index in [9.17, 15) is 14.4 Å². The minimum absolute atomic E-state index is 0.252. The van der Waals surface area contributed by atoms with Gasteiger partial charge in [-0.25, -0.2) is 9.78 Å². The molecule has 1 aromatic carbocycles. The minimum atomic E-state index is -0.654. The summed E-state index contributed by atoms with van der Waals surface area (Å²) in [6.45, 7) is 3.81. The number of fused-ring (bicyclic) bond motifs is 1. The Bertz CT molecular complexity index is 1070. The molecule has 0 aliphatic carbocycles. The van der Waals surface area contributed by atoms with Crippen molar-refractivity contribution in [1.29, 1.82) is 0 Å². The predicted molar refractivity (Wildman–Crippen MR) is 108 cm³/mol. The van der Waals surface area contributed by atoms with E-state index in [-0.39, 0.29) is 5.56 Å². The third-order valence-electron chi connectivity index (χ3n) is 3.87. The van der Waals surface area contributed by atoms with Crippen molar-refractivity contribution in [3.05, 3.63) is 59.1 Å². The van der Waals surface area contributed by atoms with E-state index in [1.807, 2.05) is 0 Å². The van der Waals surface area contributed by atoms with E-state index in [1.165, 1.54) is 4.57 Å². The van der Waals surface area contributed by atoms with E-state index in [4.69, 9.17) is 0 Å². The first-order valence-corrected chi connectivity index (χ1v) is 9.56. The molecule has 3 aromatic rings. The zero-order chi connectivity index (χ0) is 20.1. The number of carbonyl (C=O) groups excluding carboxylic acids is 2. The summed E-state index contributed by atoms with van der Waals surface area (Å²) >= 11 is 1.09. The number of imide groups is 1. The van der Waals surface area contributed by atoms with Crippen molar-refractivity contribution >= 4 is 34.6 Å². The van der Waals surface area contributed by atoms with Crippen molar-refractivity contribution in [2.75, 3.05) is 6.54 Å². The first-order chi connectivity index (χ1) is 13.5. The van der Waals surface area contributed by atoms with Gasteiger partial charge < -0.3 is 5.32 Å². The lowest BCUT2D eigenvalue weighted by Crippen LogP contribution is -2.42. The number of nitrogens with one attached hydrogen (secondary N) is 2. The van der Waals surface area contributed by atoms with Gasteiger partial charge in [0.25, 0.3) is 5.56 Å². The van der Waals surface area contributed by atoms with Gasteiger partial charge in [-0.3, -0.25) is 24.5 Å². The second kappa shape index (κ2) is 8.66. The quantitative estimate of drug-likeness (QED) is 0.505. The molecular formula is C19H19N5O3S. The van der Waals surface area contributed by atoms with Gasteiger partial charge in [-0.05, 0) is 38.1 Å². The summed E-state index contributed by atoms with van der Waals surface area (Å²) in [5.41, 5.74) is 0.827. The van der Waals surface area contributed by atoms with Crippen LogP contribution in [0.5, 0.6) is 0 Å². The molecule has 2 N–H and O–H groups in total. The molecular weight excluding hydrogens is 378 g/mol. The van der Waals surface area contributed by atoms with Crippen LogP contribution in [0.4, 0.5) is 4.79 Å². The van der Waals surface area contributed by atoms with E-state index in [1.54, 1.807) is 62.6 Å². The normalized spacial score (nSPS) is 11.8. The van der Waals surface area contributed by atoms with Crippen LogP contribution in [-0.4, -0.2) is 38.3 Å². The Labute approximate surface area is 165 Å². The molecule has 0 saturated heterocycles. The summed E-state index contributed by atoms with van der Waals surface area (Å²) in [5, 5.41) is 4.94. The van der Waals surface area contributed by atoms with E-state index in [0.29, 0.717) is 28.3 Å². The number of rotatable bonds is 5. The molecule has 0 aliphatic heterocycles. The predicted octanol–water partition coefficient (Wildman–Crippen LogP) is 2.11. The molecule has 0 spiro atoms. The Morgan fingerprint density at radius 2 is 2.00 bits per heavy atom. The maximum atomic E-state index is 13.1. The molecule has 0 fully saturated rings. The smallest absolute Gasteiger partial charge is 0.321 e. The Hall–Kier alpha value is -3.20. The average molecular weight is 397 g/mol. The van der Waals surface area contributed by atoms with Gasteiger partial charge in [0.05, 0.1) is 28.0 Å². The highest BCUT2D eigenvalue weighted by Crippen LogP contribution is 2.24. The summed E-state index contributed by atoms with van der Waals surface area (Å²) in [4.78, 5) is 45.6. The van der Waals surface area contributed by atoms with Gasteiger partial charge in [0.15, 0.2) is 5.16 Å². The van der Waals surface area contributed by atoms with E-state index >= 15 is 0 Å². The third-order valence-corrected chi connectivity index (χ3v) is 4.93. The van der Waals surface area contributed by atoms with Crippen molar-refractivity contribution in [3.8, 4) is 5.69 Å². The molecule has 28 heavy (non-hydrogen) atoms. The Morgan fingerprint density at radius 1 is 1.21 bits per heavy atom. The van der Waals surface area contributed by atoms with Crippen molar-refractivity contribution in [2.45, 2.75) is 24.3 Å². The third kappa shape index (κ3) is 4.20. The van der Waals surface area contributed by atoms with E-state index < -0.39 is 17.2 Å². The molecule has 8 nitrogen and oxygen atoms in total. The summed E-state index contributed by atoms with van der Waals surface area (Å²) in [6.07, 6.45) is 3.17. The monoisotopic (exact) mass is 397 g/mol. The number of pyridine rings is 1. The summed E-state index contributed by atoms with van der Waals surface area (Å²) < 4.78 is 1.43. The molecule has 0 aliphatic rings. The van der Waals surface area contributed by atoms with Crippen LogP contribution in [0.3, 0.4) is 0 Å². The standard InChI is InChI=1S/C19H19N5O3S/c1-3-21-18(27)23-16(25)12(2)28-19-22-15-9-5-4-8-14(15)17(26)24(19)13-7-6-10-20-11-13/h4-12H,3H2,1-2H3,(H2,21,23,25,27)/t12-/m1/s1. The number of amides is 3. The van der Waals surface area contributed by atoms with Gasteiger partial charge >= 0.3 is 6.03 Å². The zero-order valence-electron chi connectivity index (χ0n) is 15.4. The maximum absolute atomic E-state index is 13.1. The summed E-state index contributed by atoms with van der Waals surface area (Å²) in [5.74, 6) is -0.476. The van der Waals surface area contributed by atoms with Crippen LogP contribution in [0.1, 0.15) is 13.8 Å². The molecule has 2 heterocycles. The number of aromatic nitrogens is 3. The maximum Gasteiger partial charge on any atom is 0.321 e. The summed E-state index contributed by atoms with van der Waals surface area (Å²) in [6, 6.07) is 9.92. The fourth-order valence-corrected chi connectivity index (χ4v) is 3.46. The van der Waals surface area contributed by atoms with Crippen LogP contribution in [0.15, 0.2) is 58.7 Å². The van der Waals surface area contributed by atoms with E-state index in [2.05, 4.69) is 20.6 Å². The first-order valence-electron chi connectivity index (χ1n) is 8.68. The average Bonchev–Trinajstić information content (AvgIpc) is 2.69. The lowest BCUT2D eigenvalue weighted by molar-refractivity contribution is -0.119. The van der Waals surface area contributed by atoms with Gasteiger partial charge in [-0.15, -0.1) is 0 Å². The Morgan fingerprint density at radius 3 is 2.71 bits per heavy atom. The molecule has 144 valence electrons. The number of benzene rings is 1. The second-order valence-corrected chi connectivity index (χ2v) is 7.18. The van der Waals surface area contributed by atoms with Crippen LogP contribution in [-0.2, 0) is 4.79 Å². The van der Waals surface area contributed by atoms with Crippen molar-refractivity contribution in [1.82, 2.24) is 25.2 Å². The first kappa shape index (κ1) is 19.6. The van der Waals surface area contributed by atoms with Crippen molar-refractivity contribution < 1.29 is 9.59 Å². The topological polar surface area (TPSA) is 106 Å². The van der Waals surface area contributed by atoms with E-state index in [0.717, 1.165) is 11.8 Å². The van der Waals surface area contributed by atoms with Crippen LogP contribution in [0.2, 0.25) is 0 Å². The van der Waals surface area contributed by atoms with Gasteiger partial charge in [-0.2, -0.15) is 0 Å². The molecule has 3 rings (SSSR count). The molecule has 0 saturated carbocycles. The van der Waals surface area contributed by atoms with Crippen LogP contribution in [0, 0.1) is 0 Å². The zero-order valence-corrected chi connectivity index (χ0v) is 16.2. The molecule has 3 amide bonds. The van der Waals surface area contributed by atoms with Gasteiger partial charge in [0.1, 0.15) is 0 Å². The fourth-order valence-electron chi connectivity index (χ4n) is 2.54.